The molecule has 0 aromatic heterocycles. The molecule has 5 rings (SSSR count). The van der Waals surface area contributed by atoms with Crippen LogP contribution in [0.15, 0.2) is 60.7 Å². The summed E-state index contributed by atoms with van der Waals surface area (Å²) >= 11 is 2.01. The van der Waals surface area contributed by atoms with E-state index < -0.39 is 9.84 Å². The van der Waals surface area contributed by atoms with E-state index in [-0.39, 0.29) is 17.4 Å². The van der Waals surface area contributed by atoms with Crippen molar-refractivity contribution in [2.45, 2.75) is 6.54 Å². The van der Waals surface area contributed by atoms with Gasteiger partial charge in [-0.25, -0.2) is 8.42 Å². The molecule has 1 amide bonds. The minimum atomic E-state index is -2.89. The monoisotopic (exact) mass is 539 g/mol. The lowest BCUT2D eigenvalue weighted by molar-refractivity contribution is 0.102. The lowest BCUT2D eigenvalue weighted by Gasteiger charge is -2.26. The SMILES string of the molecule is O=C(Nc1ccc(OCCN2CCSCC2)c2ccccc12)c1ccc(CN2CCS(=O)(=O)CC2)cc1. The molecular formula is C28H33N3O4S2. The van der Waals surface area contributed by atoms with Gasteiger partial charge in [0.1, 0.15) is 12.4 Å². The van der Waals surface area contributed by atoms with Crippen molar-refractivity contribution in [3.05, 3.63) is 71.8 Å². The molecule has 196 valence electrons. The first-order valence-electron chi connectivity index (χ1n) is 12.7. The third-order valence-electron chi connectivity index (χ3n) is 6.96. The van der Waals surface area contributed by atoms with Crippen LogP contribution < -0.4 is 10.1 Å². The van der Waals surface area contributed by atoms with Crippen molar-refractivity contribution in [1.82, 2.24) is 9.80 Å². The van der Waals surface area contributed by atoms with Crippen LogP contribution in [0.3, 0.4) is 0 Å². The number of fused-ring (bicyclic) bond motifs is 1. The summed E-state index contributed by atoms with van der Waals surface area (Å²) in [7, 11) is -2.89. The van der Waals surface area contributed by atoms with E-state index >= 15 is 0 Å². The number of carbonyl (C=O) groups excluding carboxylic acids is 1. The van der Waals surface area contributed by atoms with Crippen LogP contribution >= 0.6 is 11.8 Å². The smallest absolute Gasteiger partial charge is 0.255 e. The minimum Gasteiger partial charge on any atom is -0.492 e. The zero-order valence-electron chi connectivity index (χ0n) is 20.9. The van der Waals surface area contributed by atoms with Crippen molar-refractivity contribution in [2.24, 2.45) is 0 Å². The molecule has 1 N–H and O–H groups in total. The first-order chi connectivity index (χ1) is 18.0. The van der Waals surface area contributed by atoms with Crippen molar-refractivity contribution in [2.75, 3.05) is 67.7 Å². The van der Waals surface area contributed by atoms with Crippen LogP contribution in [0.25, 0.3) is 10.8 Å². The highest BCUT2D eigenvalue weighted by Gasteiger charge is 2.21. The molecule has 2 fully saturated rings. The van der Waals surface area contributed by atoms with Crippen molar-refractivity contribution in [3.63, 3.8) is 0 Å². The predicted octanol–water partition coefficient (Wildman–Crippen LogP) is 3.75. The van der Waals surface area contributed by atoms with Gasteiger partial charge in [0.05, 0.1) is 11.5 Å². The van der Waals surface area contributed by atoms with Crippen molar-refractivity contribution >= 4 is 44.0 Å². The quantitative estimate of drug-likeness (QED) is 0.467. The molecule has 9 heteroatoms. The summed E-state index contributed by atoms with van der Waals surface area (Å²) < 4.78 is 29.4. The maximum Gasteiger partial charge on any atom is 0.255 e. The second kappa shape index (κ2) is 11.9. The number of thioether (sulfide) groups is 1. The van der Waals surface area contributed by atoms with Gasteiger partial charge in [-0.3, -0.25) is 14.6 Å². The molecule has 3 aromatic rings. The largest absolute Gasteiger partial charge is 0.492 e. The van der Waals surface area contributed by atoms with Gasteiger partial charge in [0.15, 0.2) is 9.84 Å². The van der Waals surface area contributed by atoms with E-state index in [1.165, 1.54) is 11.5 Å². The van der Waals surface area contributed by atoms with E-state index in [9.17, 15) is 13.2 Å². The maximum atomic E-state index is 13.0. The number of amides is 1. The summed E-state index contributed by atoms with van der Waals surface area (Å²) in [6.45, 7) is 5.57. The van der Waals surface area contributed by atoms with Gasteiger partial charge in [0.2, 0.25) is 0 Å². The average Bonchev–Trinajstić information content (AvgIpc) is 2.92. The second-order valence-electron chi connectivity index (χ2n) is 9.54. The molecular weight excluding hydrogens is 506 g/mol. The fraction of sp³-hybridized carbons (Fsp3) is 0.393. The van der Waals surface area contributed by atoms with Crippen molar-refractivity contribution in [1.29, 1.82) is 0 Å². The molecule has 2 heterocycles. The third kappa shape index (κ3) is 6.84. The number of hydrogen-bond donors (Lipinski definition) is 1. The van der Waals surface area contributed by atoms with Crippen molar-refractivity contribution in [3.8, 4) is 5.75 Å². The van der Waals surface area contributed by atoms with Gasteiger partial charge in [0, 0.05) is 72.8 Å². The van der Waals surface area contributed by atoms with E-state index in [4.69, 9.17) is 4.74 Å². The maximum absolute atomic E-state index is 13.0. The number of nitrogens with one attached hydrogen (secondary N) is 1. The Bertz CT molecular complexity index is 1330. The van der Waals surface area contributed by atoms with Gasteiger partial charge >= 0.3 is 0 Å². The zero-order chi connectivity index (χ0) is 25.7. The highest BCUT2D eigenvalue weighted by molar-refractivity contribution is 7.99. The molecule has 0 atom stereocenters. The molecule has 2 aliphatic heterocycles. The number of benzene rings is 3. The lowest BCUT2D eigenvalue weighted by atomic mass is 10.1. The topological polar surface area (TPSA) is 79.0 Å². The number of carbonyl (C=O) groups is 1. The van der Waals surface area contributed by atoms with Gasteiger partial charge in [-0.1, -0.05) is 36.4 Å². The molecule has 0 radical (unpaired) electrons. The summed E-state index contributed by atoms with van der Waals surface area (Å²) in [5.41, 5.74) is 2.39. The molecule has 2 saturated heterocycles. The summed E-state index contributed by atoms with van der Waals surface area (Å²) in [5, 5.41) is 4.99. The molecule has 0 unspecified atom stereocenters. The fourth-order valence-corrected chi connectivity index (χ4v) is 6.99. The predicted molar refractivity (Wildman–Crippen MR) is 152 cm³/mol. The van der Waals surface area contributed by atoms with Crippen LogP contribution in [0.2, 0.25) is 0 Å². The van der Waals surface area contributed by atoms with Gasteiger partial charge in [0.25, 0.3) is 5.91 Å². The van der Waals surface area contributed by atoms with E-state index in [1.807, 2.05) is 72.4 Å². The molecule has 37 heavy (non-hydrogen) atoms. The van der Waals surface area contributed by atoms with E-state index in [2.05, 4.69) is 15.1 Å². The Morgan fingerprint density at radius 2 is 1.57 bits per heavy atom. The van der Waals surface area contributed by atoms with Gasteiger partial charge in [-0.2, -0.15) is 11.8 Å². The standard InChI is InChI=1S/C28H33N3O4S2/c32-28(23-7-5-22(6-8-23)21-31-14-19-37(33,34)20-15-31)29-26-9-10-27(25-4-2-1-3-24(25)26)35-16-11-30-12-17-36-18-13-30/h1-10H,11-21H2,(H,29,32). The van der Waals surface area contributed by atoms with Gasteiger partial charge in [-0.05, 0) is 29.8 Å². The van der Waals surface area contributed by atoms with Crippen LogP contribution in [-0.2, 0) is 16.4 Å². The zero-order valence-corrected chi connectivity index (χ0v) is 22.5. The third-order valence-corrected chi connectivity index (χ3v) is 9.51. The number of anilines is 1. The number of rotatable bonds is 8. The Labute approximate surface area is 223 Å². The number of ether oxygens (including phenoxy) is 1. The highest BCUT2D eigenvalue weighted by Crippen LogP contribution is 2.32. The Morgan fingerprint density at radius 1 is 0.865 bits per heavy atom. The Kier molecular flexibility index (Phi) is 8.34. The number of sulfone groups is 1. The fourth-order valence-electron chi connectivity index (χ4n) is 4.74. The van der Waals surface area contributed by atoms with Crippen LogP contribution in [-0.4, -0.2) is 86.5 Å². The Morgan fingerprint density at radius 3 is 2.30 bits per heavy atom. The summed E-state index contributed by atoms with van der Waals surface area (Å²) in [6.07, 6.45) is 0. The molecule has 7 nitrogen and oxygen atoms in total. The van der Waals surface area contributed by atoms with Crippen molar-refractivity contribution < 1.29 is 17.9 Å². The molecule has 0 bridgehead atoms. The van der Waals surface area contributed by atoms with E-state index in [0.717, 1.165) is 47.4 Å². The number of hydrogen-bond acceptors (Lipinski definition) is 7. The minimum absolute atomic E-state index is 0.169. The number of nitrogens with zero attached hydrogens (tertiary/aromatic N) is 2. The first kappa shape index (κ1) is 26.0. The Hall–Kier alpha value is -2.59. The molecule has 0 aliphatic carbocycles. The van der Waals surface area contributed by atoms with Crippen LogP contribution in [0.5, 0.6) is 5.75 Å². The van der Waals surface area contributed by atoms with E-state index in [1.54, 1.807) is 0 Å². The summed E-state index contributed by atoms with van der Waals surface area (Å²) in [4.78, 5) is 17.6. The van der Waals surface area contributed by atoms with Crippen LogP contribution in [0.4, 0.5) is 5.69 Å². The normalized spacial score (nSPS) is 18.5. The average molecular weight is 540 g/mol. The van der Waals surface area contributed by atoms with Gasteiger partial charge in [-0.15, -0.1) is 0 Å². The Balaban J connectivity index is 1.21. The highest BCUT2D eigenvalue weighted by atomic mass is 32.2. The molecule has 0 saturated carbocycles. The molecule has 3 aromatic carbocycles. The lowest BCUT2D eigenvalue weighted by Crippen LogP contribution is -2.39. The van der Waals surface area contributed by atoms with E-state index in [0.29, 0.717) is 31.8 Å². The summed E-state index contributed by atoms with van der Waals surface area (Å²) in [6, 6.07) is 19.3. The molecule has 2 aliphatic rings. The summed E-state index contributed by atoms with van der Waals surface area (Å²) in [5.74, 6) is 3.45. The van der Waals surface area contributed by atoms with Crippen LogP contribution in [0.1, 0.15) is 15.9 Å². The second-order valence-corrected chi connectivity index (χ2v) is 13.1. The van der Waals surface area contributed by atoms with Crippen LogP contribution in [0, 0.1) is 0 Å². The van der Waals surface area contributed by atoms with Gasteiger partial charge < -0.3 is 10.1 Å². The first-order valence-corrected chi connectivity index (χ1v) is 15.7. The molecule has 0 spiro atoms.